The Morgan fingerprint density at radius 1 is 1.29 bits per heavy atom. The number of benzene rings is 1. The minimum atomic E-state index is -0.599. The molecule has 1 atom stereocenters. The van der Waals surface area contributed by atoms with Gasteiger partial charge in [-0.2, -0.15) is 0 Å². The first-order valence-corrected chi connectivity index (χ1v) is 9.48. The number of hydrogen-bond donors (Lipinski definition) is 1. The maximum atomic E-state index is 13.8. The van der Waals surface area contributed by atoms with E-state index < -0.39 is 11.6 Å². The van der Waals surface area contributed by atoms with E-state index in [2.05, 4.69) is 28.4 Å². The quantitative estimate of drug-likeness (QED) is 0.422. The largest absolute Gasteiger partial charge is 0.364 e. The number of nitrogens with one attached hydrogen (secondary N) is 1. The summed E-state index contributed by atoms with van der Waals surface area (Å²) in [5.74, 6) is -0.108. The van der Waals surface area contributed by atoms with Crippen molar-refractivity contribution in [3.63, 3.8) is 0 Å². The van der Waals surface area contributed by atoms with Crippen molar-refractivity contribution in [1.82, 2.24) is 14.6 Å². The van der Waals surface area contributed by atoms with E-state index in [1.165, 1.54) is 12.1 Å². The highest BCUT2D eigenvalue weighted by Gasteiger charge is 2.14. The molecule has 0 aliphatic rings. The predicted molar refractivity (Wildman–Crippen MR) is 109 cm³/mol. The summed E-state index contributed by atoms with van der Waals surface area (Å²) >= 11 is 5.96. The van der Waals surface area contributed by atoms with Crippen LogP contribution in [0.1, 0.15) is 25.1 Å². The summed E-state index contributed by atoms with van der Waals surface area (Å²) in [6, 6.07) is 7.12. The van der Waals surface area contributed by atoms with Crippen LogP contribution in [0, 0.1) is 17.6 Å². The van der Waals surface area contributed by atoms with Crippen molar-refractivity contribution in [2.75, 3.05) is 11.2 Å². The molecule has 2 aromatic heterocycles. The van der Waals surface area contributed by atoms with Crippen LogP contribution in [0.4, 0.5) is 14.6 Å². The van der Waals surface area contributed by atoms with E-state index in [1.54, 1.807) is 16.8 Å². The van der Waals surface area contributed by atoms with Crippen molar-refractivity contribution < 1.29 is 8.78 Å². The molecule has 0 aliphatic carbocycles. The average molecular weight is 403 g/mol. The molecular weight excluding hydrogens is 382 g/mol. The molecule has 28 heavy (non-hydrogen) atoms. The highest BCUT2D eigenvalue weighted by molar-refractivity contribution is 6.19. The number of fused-ring (bicyclic) bond motifs is 1. The van der Waals surface area contributed by atoms with Gasteiger partial charge in [0.2, 0.25) is 0 Å². The third-order valence-corrected chi connectivity index (χ3v) is 4.56. The Kier molecular flexibility index (Phi) is 6.41. The Balaban J connectivity index is 1.90. The van der Waals surface area contributed by atoms with E-state index in [0.717, 1.165) is 17.3 Å². The van der Waals surface area contributed by atoms with E-state index in [0.29, 0.717) is 22.9 Å². The third-order valence-electron chi connectivity index (χ3n) is 4.40. The fourth-order valence-electron chi connectivity index (χ4n) is 3.01. The molecule has 0 fully saturated rings. The van der Waals surface area contributed by atoms with Gasteiger partial charge in [0.1, 0.15) is 17.5 Å². The third kappa shape index (κ3) is 4.39. The molecular formula is C21H21ClF2N4. The normalized spacial score (nSPS) is 13.4. The molecule has 1 N–H and O–H groups in total. The van der Waals surface area contributed by atoms with Crippen LogP contribution in [-0.4, -0.2) is 20.5 Å². The number of alkyl halides is 1. The van der Waals surface area contributed by atoms with Gasteiger partial charge in [-0.25, -0.2) is 18.3 Å². The summed E-state index contributed by atoms with van der Waals surface area (Å²) in [4.78, 5) is 4.41. The number of halogens is 3. The maximum absolute atomic E-state index is 13.8. The van der Waals surface area contributed by atoms with E-state index in [-0.39, 0.29) is 12.5 Å². The van der Waals surface area contributed by atoms with Crippen LogP contribution in [0.3, 0.4) is 0 Å². The lowest BCUT2D eigenvalue weighted by Crippen LogP contribution is -2.08. The van der Waals surface area contributed by atoms with Crippen LogP contribution in [0.15, 0.2) is 54.8 Å². The van der Waals surface area contributed by atoms with Crippen LogP contribution in [-0.2, 0) is 6.54 Å². The number of hydrogen-bond acceptors (Lipinski definition) is 3. The van der Waals surface area contributed by atoms with Gasteiger partial charge in [0.05, 0.1) is 11.9 Å². The van der Waals surface area contributed by atoms with Gasteiger partial charge in [0.15, 0.2) is 5.65 Å². The highest BCUT2D eigenvalue weighted by Crippen LogP contribution is 2.25. The van der Waals surface area contributed by atoms with E-state index >= 15 is 0 Å². The van der Waals surface area contributed by atoms with Gasteiger partial charge in [-0.3, -0.25) is 0 Å². The van der Waals surface area contributed by atoms with Crippen LogP contribution < -0.4 is 5.32 Å². The smallest absolute Gasteiger partial charge is 0.154 e. The van der Waals surface area contributed by atoms with Gasteiger partial charge >= 0.3 is 0 Å². The van der Waals surface area contributed by atoms with Crippen molar-refractivity contribution >= 4 is 28.6 Å². The minimum Gasteiger partial charge on any atom is -0.364 e. The van der Waals surface area contributed by atoms with Gasteiger partial charge < -0.3 is 5.32 Å². The van der Waals surface area contributed by atoms with E-state index in [4.69, 9.17) is 11.6 Å². The molecule has 0 radical (unpaired) electrons. The van der Waals surface area contributed by atoms with Crippen LogP contribution >= 0.6 is 11.6 Å². The summed E-state index contributed by atoms with van der Waals surface area (Å²) < 4.78 is 28.6. The second-order valence-corrected chi connectivity index (χ2v) is 6.66. The van der Waals surface area contributed by atoms with E-state index in [1.807, 2.05) is 25.1 Å². The molecule has 146 valence electrons. The SMILES string of the molecule is C/C=C\C(C)/C(=C\CCl)c1cnc2ccc(NCc3ccc(F)cc3F)nn12. The first-order valence-electron chi connectivity index (χ1n) is 8.95. The zero-order chi connectivity index (χ0) is 20.1. The summed E-state index contributed by atoms with van der Waals surface area (Å²) in [7, 11) is 0. The molecule has 0 aliphatic heterocycles. The molecule has 0 saturated carbocycles. The Hall–Kier alpha value is -2.73. The zero-order valence-corrected chi connectivity index (χ0v) is 16.4. The van der Waals surface area contributed by atoms with Gasteiger partial charge in [0, 0.05) is 30.0 Å². The second-order valence-electron chi connectivity index (χ2n) is 6.35. The van der Waals surface area contributed by atoms with Crippen molar-refractivity contribution in [2.45, 2.75) is 20.4 Å². The molecule has 0 spiro atoms. The number of rotatable bonds is 7. The summed E-state index contributed by atoms with van der Waals surface area (Å²) in [6.07, 6.45) is 7.79. The number of imidazole rings is 1. The second kappa shape index (κ2) is 8.97. The number of nitrogens with zero attached hydrogens (tertiary/aromatic N) is 3. The molecule has 1 unspecified atom stereocenters. The standard InChI is InChI=1S/C21H21ClF2N4/c1-3-4-14(2)17(9-10-22)19-13-26-21-8-7-20(27-28(19)21)25-12-15-5-6-16(23)11-18(15)24/h3-9,11,13-14H,10,12H2,1-2H3,(H,25,27)/b4-3-,17-9+. The summed E-state index contributed by atoms with van der Waals surface area (Å²) in [5, 5.41) is 7.66. The lowest BCUT2D eigenvalue weighted by atomic mass is 9.98. The summed E-state index contributed by atoms with van der Waals surface area (Å²) in [6.45, 7) is 4.24. The Bertz CT molecular complexity index is 1030. The fraction of sp³-hybridized carbons (Fsp3) is 0.238. The Morgan fingerprint density at radius 2 is 2.11 bits per heavy atom. The van der Waals surface area contributed by atoms with Crippen LogP contribution in [0.5, 0.6) is 0 Å². The van der Waals surface area contributed by atoms with Gasteiger partial charge in [-0.15, -0.1) is 16.7 Å². The highest BCUT2D eigenvalue weighted by atomic mass is 35.5. The van der Waals surface area contributed by atoms with E-state index in [9.17, 15) is 8.78 Å². The number of allylic oxidation sites excluding steroid dienone is 4. The Labute approximate surface area is 167 Å². The topological polar surface area (TPSA) is 42.2 Å². The molecule has 4 nitrogen and oxygen atoms in total. The molecule has 0 saturated heterocycles. The summed E-state index contributed by atoms with van der Waals surface area (Å²) in [5.41, 5.74) is 2.92. The molecule has 0 bridgehead atoms. The molecule has 7 heteroatoms. The molecule has 2 heterocycles. The fourth-order valence-corrected chi connectivity index (χ4v) is 3.18. The van der Waals surface area contributed by atoms with Crippen molar-refractivity contribution in [3.05, 3.63) is 77.6 Å². The first kappa shape index (κ1) is 20.0. The molecule has 3 rings (SSSR count). The van der Waals surface area contributed by atoms with Crippen molar-refractivity contribution in [2.24, 2.45) is 5.92 Å². The molecule has 1 aromatic carbocycles. The van der Waals surface area contributed by atoms with Gasteiger partial charge in [-0.05, 0) is 30.7 Å². The first-order chi connectivity index (χ1) is 13.5. The maximum Gasteiger partial charge on any atom is 0.154 e. The molecule has 3 aromatic rings. The zero-order valence-electron chi connectivity index (χ0n) is 15.7. The van der Waals surface area contributed by atoms with Crippen molar-refractivity contribution in [1.29, 1.82) is 0 Å². The van der Waals surface area contributed by atoms with Crippen LogP contribution in [0.25, 0.3) is 11.2 Å². The predicted octanol–water partition coefficient (Wildman–Crippen LogP) is 5.45. The monoisotopic (exact) mass is 402 g/mol. The average Bonchev–Trinajstić information content (AvgIpc) is 3.08. The van der Waals surface area contributed by atoms with Gasteiger partial charge in [0.25, 0.3) is 0 Å². The van der Waals surface area contributed by atoms with Crippen LogP contribution in [0.2, 0.25) is 0 Å². The lowest BCUT2D eigenvalue weighted by molar-refractivity contribution is 0.574. The number of anilines is 1. The molecule has 0 amide bonds. The Morgan fingerprint density at radius 3 is 2.82 bits per heavy atom. The van der Waals surface area contributed by atoms with Gasteiger partial charge in [-0.1, -0.05) is 31.2 Å². The number of aromatic nitrogens is 3. The minimum absolute atomic E-state index is 0.148. The van der Waals surface area contributed by atoms with Crippen molar-refractivity contribution in [3.8, 4) is 0 Å². The lowest BCUT2D eigenvalue weighted by Gasteiger charge is -2.13.